The zero-order valence-corrected chi connectivity index (χ0v) is 11.3. The van der Waals surface area contributed by atoms with E-state index in [4.69, 9.17) is 0 Å². The van der Waals surface area contributed by atoms with Crippen LogP contribution in [0.3, 0.4) is 0 Å². The number of rotatable bonds is 1. The molecular formula is C17H16N2O. The van der Waals surface area contributed by atoms with Crippen molar-refractivity contribution in [2.45, 2.75) is 19.0 Å². The first-order valence-corrected chi connectivity index (χ1v) is 6.99. The van der Waals surface area contributed by atoms with Crippen LogP contribution in [0.4, 0.5) is 11.4 Å². The Morgan fingerprint density at radius 1 is 1.10 bits per heavy atom. The predicted octanol–water partition coefficient (Wildman–Crippen LogP) is 3.34. The lowest BCUT2D eigenvalue weighted by Gasteiger charge is -2.32. The van der Waals surface area contributed by atoms with Gasteiger partial charge in [0, 0.05) is 12.3 Å². The molecule has 1 fully saturated rings. The fourth-order valence-corrected chi connectivity index (χ4v) is 3.49. The van der Waals surface area contributed by atoms with Crippen molar-refractivity contribution in [3.05, 3.63) is 60.2 Å². The maximum Gasteiger partial charge on any atom is 0.232 e. The fraction of sp³-hybridized carbons (Fsp3) is 0.235. The Balaban J connectivity index is 1.94. The highest BCUT2D eigenvalue weighted by atomic mass is 16.2. The maximum atomic E-state index is 12.6. The zero-order chi connectivity index (χ0) is 13.7. The van der Waals surface area contributed by atoms with E-state index in [1.165, 1.54) is 0 Å². The van der Waals surface area contributed by atoms with E-state index in [1.807, 2.05) is 54.3 Å². The first-order chi connectivity index (χ1) is 9.72. The topological polar surface area (TPSA) is 32.3 Å². The zero-order valence-electron chi connectivity index (χ0n) is 11.3. The number of fused-ring (bicyclic) bond motifs is 3. The van der Waals surface area contributed by atoms with Crippen LogP contribution < -0.4 is 10.2 Å². The van der Waals surface area contributed by atoms with E-state index in [0.29, 0.717) is 0 Å². The summed E-state index contributed by atoms with van der Waals surface area (Å²) in [6.07, 6.45) is 0.796. The highest BCUT2D eigenvalue weighted by molar-refractivity contribution is 6.05. The summed E-state index contributed by atoms with van der Waals surface area (Å²) in [5, 5.41) is 3.59. The van der Waals surface area contributed by atoms with Crippen molar-refractivity contribution >= 4 is 17.3 Å². The van der Waals surface area contributed by atoms with Gasteiger partial charge in [-0.1, -0.05) is 49.4 Å². The van der Waals surface area contributed by atoms with E-state index in [2.05, 4.69) is 17.4 Å². The van der Waals surface area contributed by atoms with E-state index in [0.717, 1.165) is 23.4 Å². The highest BCUT2D eigenvalue weighted by Gasteiger charge is 2.55. The van der Waals surface area contributed by atoms with Crippen LogP contribution in [0.15, 0.2) is 54.6 Å². The molecule has 1 amide bonds. The first-order valence-electron chi connectivity index (χ1n) is 6.99. The van der Waals surface area contributed by atoms with Crippen molar-refractivity contribution < 1.29 is 4.79 Å². The summed E-state index contributed by atoms with van der Waals surface area (Å²) in [6.45, 7) is 2.01. The fourth-order valence-electron chi connectivity index (χ4n) is 3.49. The van der Waals surface area contributed by atoms with Gasteiger partial charge >= 0.3 is 0 Å². The molecule has 4 rings (SSSR count). The van der Waals surface area contributed by atoms with E-state index < -0.39 is 5.66 Å². The van der Waals surface area contributed by atoms with Gasteiger partial charge in [-0.15, -0.1) is 0 Å². The Morgan fingerprint density at radius 3 is 2.60 bits per heavy atom. The van der Waals surface area contributed by atoms with Gasteiger partial charge in [0.05, 0.1) is 11.4 Å². The summed E-state index contributed by atoms with van der Waals surface area (Å²) in [7, 11) is 0. The summed E-state index contributed by atoms with van der Waals surface area (Å²) in [6, 6.07) is 18.3. The van der Waals surface area contributed by atoms with Crippen LogP contribution in [-0.4, -0.2) is 5.91 Å². The molecule has 1 N–H and O–H groups in total. The number of amides is 1. The van der Waals surface area contributed by atoms with Gasteiger partial charge in [-0.25, -0.2) is 0 Å². The predicted molar refractivity (Wildman–Crippen MR) is 79.5 cm³/mol. The first kappa shape index (κ1) is 11.5. The molecule has 0 radical (unpaired) electrons. The molecule has 2 aliphatic rings. The average molecular weight is 264 g/mol. The molecule has 3 heteroatoms. The number of hydrogen-bond donors (Lipinski definition) is 1. The van der Waals surface area contributed by atoms with E-state index >= 15 is 0 Å². The Morgan fingerprint density at radius 2 is 1.80 bits per heavy atom. The van der Waals surface area contributed by atoms with E-state index in [-0.39, 0.29) is 11.8 Å². The second kappa shape index (κ2) is 3.85. The van der Waals surface area contributed by atoms with Crippen molar-refractivity contribution in [2.75, 3.05) is 10.2 Å². The molecule has 2 aromatic carbocycles. The van der Waals surface area contributed by atoms with E-state index in [1.54, 1.807) is 0 Å². The third-order valence-electron chi connectivity index (χ3n) is 4.36. The number of nitrogens with zero attached hydrogens (tertiary/aromatic N) is 1. The molecule has 2 aliphatic heterocycles. The van der Waals surface area contributed by atoms with Crippen LogP contribution in [0.1, 0.15) is 18.9 Å². The molecular weight excluding hydrogens is 248 g/mol. The molecule has 20 heavy (non-hydrogen) atoms. The molecule has 0 saturated carbocycles. The summed E-state index contributed by atoms with van der Waals surface area (Å²) in [4.78, 5) is 14.6. The molecule has 0 aliphatic carbocycles. The largest absolute Gasteiger partial charge is 0.357 e. The minimum absolute atomic E-state index is 0.0380. The lowest BCUT2D eigenvalue weighted by molar-refractivity contribution is -0.120. The van der Waals surface area contributed by atoms with Gasteiger partial charge in [0.1, 0.15) is 5.66 Å². The molecule has 0 unspecified atom stereocenters. The van der Waals surface area contributed by atoms with Gasteiger partial charge in [-0.2, -0.15) is 0 Å². The number of benzene rings is 2. The van der Waals surface area contributed by atoms with Gasteiger partial charge < -0.3 is 5.32 Å². The Bertz CT molecular complexity index is 682. The van der Waals surface area contributed by atoms with Crippen LogP contribution >= 0.6 is 0 Å². The monoisotopic (exact) mass is 264 g/mol. The number of hydrogen-bond acceptors (Lipinski definition) is 2. The van der Waals surface area contributed by atoms with Crippen molar-refractivity contribution in [1.29, 1.82) is 0 Å². The highest BCUT2D eigenvalue weighted by Crippen LogP contribution is 2.52. The molecule has 0 bridgehead atoms. The van der Waals surface area contributed by atoms with Gasteiger partial charge in [0.15, 0.2) is 0 Å². The number of carbonyl (C=O) groups is 1. The summed E-state index contributed by atoms with van der Waals surface area (Å²) >= 11 is 0. The maximum absolute atomic E-state index is 12.6. The van der Waals surface area contributed by atoms with Gasteiger partial charge in [0.2, 0.25) is 5.91 Å². The quantitative estimate of drug-likeness (QED) is 0.856. The smallest absolute Gasteiger partial charge is 0.232 e. The molecule has 2 atom stereocenters. The number of para-hydroxylation sites is 2. The molecule has 1 saturated heterocycles. The molecule has 2 heterocycles. The van der Waals surface area contributed by atoms with Crippen LogP contribution in [0.25, 0.3) is 0 Å². The lowest BCUT2D eigenvalue weighted by atomic mass is 9.94. The minimum Gasteiger partial charge on any atom is -0.357 e. The molecule has 0 spiro atoms. The minimum atomic E-state index is -0.415. The number of nitrogens with one attached hydrogen (secondary N) is 1. The van der Waals surface area contributed by atoms with Crippen molar-refractivity contribution in [3.63, 3.8) is 0 Å². The van der Waals surface area contributed by atoms with Crippen molar-refractivity contribution in [3.8, 4) is 0 Å². The molecule has 0 aromatic heterocycles. The third kappa shape index (κ3) is 1.32. The Hall–Kier alpha value is -2.29. The number of carbonyl (C=O) groups excluding carboxylic acids is 1. The van der Waals surface area contributed by atoms with Gasteiger partial charge in [0.25, 0.3) is 0 Å². The normalized spacial score (nSPS) is 27.1. The van der Waals surface area contributed by atoms with Crippen LogP contribution in [0.5, 0.6) is 0 Å². The lowest BCUT2D eigenvalue weighted by Crippen LogP contribution is -2.44. The van der Waals surface area contributed by atoms with Gasteiger partial charge in [-0.3, -0.25) is 9.69 Å². The molecule has 100 valence electrons. The van der Waals surface area contributed by atoms with Crippen LogP contribution in [0.2, 0.25) is 0 Å². The van der Waals surface area contributed by atoms with Crippen molar-refractivity contribution in [2.24, 2.45) is 5.92 Å². The van der Waals surface area contributed by atoms with Crippen LogP contribution in [-0.2, 0) is 10.5 Å². The van der Waals surface area contributed by atoms with Crippen LogP contribution in [0, 0.1) is 5.92 Å². The van der Waals surface area contributed by atoms with Gasteiger partial charge in [-0.05, 0) is 17.7 Å². The Kier molecular flexibility index (Phi) is 2.22. The molecule has 3 nitrogen and oxygen atoms in total. The number of anilines is 2. The second-order valence-corrected chi connectivity index (χ2v) is 5.65. The average Bonchev–Trinajstić information content (AvgIpc) is 2.93. The standard InChI is InChI=1S/C17H16N2O/c1-12-11-17(13-7-3-2-4-8-13)18-14-9-5-6-10-15(14)19(17)16(12)20/h2-10,12,18H,11H2,1H3/t12-,17+/m1/s1. The second-order valence-electron chi connectivity index (χ2n) is 5.65. The van der Waals surface area contributed by atoms with E-state index in [9.17, 15) is 4.79 Å². The summed E-state index contributed by atoms with van der Waals surface area (Å²) < 4.78 is 0. The SMILES string of the molecule is C[C@@H]1C[C@]2(c3ccccc3)Nc3ccccc3N2C1=O. The van der Waals surface area contributed by atoms with Crippen molar-refractivity contribution in [1.82, 2.24) is 0 Å². The Labute approximate surface area is 118 Å². The summed E-state index contributed by atoms with van der Waals surface area (Å²) in [5.74, 6) is 0.238. The molecule has 2 aromatic rings. The summed E-state index contributed by atoms with van der Waals surface area (Å²) in [5.41, 5.74) is 2.76. The third-order valence-corrected chi connectivity index (χ3v) is 4.36.